The predicted molar refractivity (Wildman–Crippen MR) is 89.0 cm³/mol. The zero-order valence-corrected chi connectivity index (χ0v) is 13.7. The van der Waals surface area contributed by atoms with Crippen molar-refractivity contribution in [1.29, 1.82) is 0 Å². The first-order valence-electron chi connectivity index (χ1n) is 6.14. The number of phenols is 1. The summed E-state index contributed by atoms with van der Waals surface area (Å²) < 4.78 is 0.828. The van der Waals surface area contributed by atoms with E-state index in [-0.39, 0.29) is 10.6 Å². The second-order valence-electron chi connectivity index (χ2n) is 4.33. The molecule has 0 unspecified atom stereocenters. The van der Waals surface area contributed by atoms with Crippen LogP contribution in [0.4, 0.5) is 5.69 Å². The first kappa shape index (κ1) is 16.9. The number of nitrogens with one attached hydrogen (secondary N) is 1. The van der Waals surface area contributed by atoms with Crippen molar-refractivity contribution in [1.82, 2.24) is 5.43 Å². The molecular weight excluding hydrogens is 390 g/mol. The molecule has 0 aliphatic heterocycles. The van der Waals surface area contributed by atoms with Gasteiger partial charge in [0, 0.05) is 26.7 Å². The van der Waals surface area contributed by atoms with Crippen LogP contribution >= 0.6 is 27.5 Å². The topological polar surface area (TPSA) is 105 Å². The predicted octanol–water partition coefficient (Wildman–Crippen LogP) is 3.48. The lowest BCUT2D eigenvalue weighted by Crippen LogP contribution is -2.17. The number of nitrogens with zero attached hydrogens (tertiary/aromatic N) is 2. The third-order valence-corrected chi connectivity index (χ3v) is 3.50. The Bertz CT molecular complexity index is 793. The molecule has 7 nitrogen and oxygen atoms in total. The number of halogens is 2. The lowest BCUT2D eigenvalue weighted by Gasteiger charge is -2.02. The van der Waals surface area contributed by atoms with Crippen molar-refractivity contribution in [3.05, 3.63) is 67.1 Å². The lowest BCUT2D eigenvalue weighted by molar-refractivity contribution is -0.385. The summed E-state index contributed by atoms with van der Waals surface area (Å²) in [6, 6.07) is 8.90. The van der Waals surface area contributed by atoms with E-state index >= 15 is 0 Å². The van der Waals surface area contributed by atoms with Gasteiger partial charge in [0.25, 0.3) is 5.91 Å². The van der Waals surface area contributed by atoms with Gasteiger partial charge in [-0.15, -0.1) is 0 Å². The number of carbonyl (C=O) groups is 1. The number of nitro groups is 1. The summed E-state index contributed by atoms with van der Waals surface area (Å²) >= 11 is 9.00. The molecule has 118 valence electrons. The molecule has 2 N–H and O–H groups in total. The molecular formula is C14H9BrClN3O4. The summed E-state index contributed by atoms with van der Waals surface area (Å²) in [7, 11) is 0. The Morgan fingerprint density at radius 3 is 2.61 bits per heavy atom. The van der Waals surface area contributed by atoms with E-state index in [4.69, 9.17) is 11.6 Å². The van der Waals surface area contributed by atoms with Crippen LogP contribution in [0.2, 0.25) is 5.02 Å². The maximum atomic E-state index is 11.8. The Morgan fingerprint density at radius 1 is 1.35 bits per heavy atom. The molecule has 0 aliphatic rings. The molecule has 0 heterocycles. The van der Waals surface area contributed by atoms with Crippen LogP contribution in [0.1, 0.15) is 15.9 Å². The number of phenolic OH excluding ortho intramolecular Hbond substituents is 1. The quantitative estimate of drug-likeness (QED) is 0.467. The summed E-state index contributed by atoms with van der Waals surface area (Å²) in [5, 5.41) is 24.3. The molecule has 0 fully saturated rings. The number of hydrogen-bond donors (Lipinski definition) is 2. The highest BCUT2D eigenvalue weighted by Gasteiger charge is 2.17. The van der Waals surface area contributed by atoms with E-state index in [0.29, 0.717) is 5.56 Å². The van der Waals surface area contributed by atoms with Crippen molar-refractivity contribution in [2.24, 2.45) is 5.10 Å². The van der Waals surface area contributed by atoms with Gasteiger partial charge in [-0.05, 0) is 30.3 Å². The van der Waals surface area contributed by atoms with Gasteiger partial charge in [0.05, 0.1) is 11.1 Å². The van der Waals surface area contributed by atoms with Gasteiger partial charge in [-0.3, -0.25) is 14.9 Å². The molecule has 0 aromatic heterocycles. The monoisotopic (exact) mass is 397 g/mol. The minimum Gasteiger partial charge on any atom is -0.502 e. The van der Waals surface area contributed by atoms with E-state index in [9.17, 15) is 20.0 Å². The molecule has 0 bridgehead atoms. The molecule has 9 heteroatoms. The fraction of sp³-hybridized carbons (Fsp3) is 0. The third-order valence-electron chi connectivity index (χ3n) is 2.76. The van der Waals surface area contributed by atoms with Crippen LogP contribution in [0.25, 0.3) is 0 Å². The average Bonchev–Trinajstić information content (AvgIpc) is 2.50. The Hall–Kier alpha value is -2.45. The Morgan fingerprint density at radius 2 is 2.00 bits per heavy atom. The van der Waals surface area contributed by atoms with E-state index in [1.165, 1.54) is 6.07 Å². The van der Waals surface area contributed by atoms with Gasteiger partial charge >= 0.3 is 5.69 Å². The Kier molecular flexibility index (Phi) is 5.30. The maximum absolute atomic E-state index is 11.8. The van der Waals surface area contributed by atoms with Crippen LogP contribution < -0.4 is 5.43 Å². The Balaban J connectivity index is 2.16. The number of carbonyl (C=O) groups excluding carboxylic acids is 1. The largest absolute Gasteiger partial charge is 0.502 e. The normalized spacial score (nSPS) is 10.7. The number of hydrogen-bond acceptors (Lipinski definition) is 5. The maximum Gasteiger partial charge on any atom is 0.312 e. The van der Waals surface area contributed by atoms with Gasteiger partial charge < -0.3 is 5.11 Å². The van der Waals surface area contributed by atoms with E-state index < -0.39 is 22.3 Å². The summed E-state index contributed by atoms with van der Waals surface area (Å²) in [5.41, 5.74) is 2.11. The summed E-state index contributed by atoms with van der Waals surface area (Å²) in [6.45, 7) is 0. The first-order chi connectivity index (χ1) is 10.9. The SMILES string of the molecule is O=C(N/N=C/c1cc(Cl)cc([N+](=O)[O-])c1O)c1ccc(Br)cc1. The van der Waals surface area contributed by atoms with E-state index in [2.05, 4.69) is 26.5 Å². The molecule has 0 aliphatic carbocycles. The molecule has 2 aromatic rings. The van der Waals surface area contributed by atoms with Crippen molar-refractivity contribution >= 4 is 45.3 Å². The molecule has 1 amide bonds. The van der Waals surface area contributed by atoms with E-state index in [1.54, 1.807) is 24.3 Å². The van der Waals surface area contributed by atoms with Crippen LogP contribution in [0, 0.1) is 10.1 Å². The molecule has 0 spiro atoms. The summed E-state index contributed by atoms with van der Waals surface area (Å²) in [5.74, 6) is -1.05. The zero-order chi connectivity index (χ0) is 17.0. The first-order valence-corrected chi connectivity index (χ1v) is 7.31. The fourth-order valence-electron chi connectivity index (χ4n) is 1.67. The summed E-state index contributed by atoms with van der Waals surface area (Å²) in [4.78, 5) is 21.9. The van der Waals surface area contributed by atoms with Crippen LogP contribution in [-0.4, -0.2) is 22.2 Å². The number of rotatable bonds is 4. The van der Waals surface area contributed by atoms with Crippen molar-refractivity contribution < 1.29 is 14.8 Å². The zero-order valence-electron chi connectivity index (χ0n) is 11.4. The molecule has 2 rings (SSSR count). The minimum atomic E-state index is -0.765. The van der Waals surface area contributed by atoms with Gasteiger partial charge in [0.1, 0.15) is 0 Å². The van der Waals surface area contributed by atoms with E-state index in [1.807, 2.05) is 0 Å². The molecule has 0 radical (unpaired) electrons. The third kappa shape index (κ3) is 4.27. The van der Waals surface area contributed by atoms with Crippen LogP contribution in [-0.2, 0) is 0 Å². The second kappa shape index (κ2) is 7.21. The van der Waals surface area contributed by atoms with Gasteiger partial charge in [0.2, 0.25) is 5.75 Å². The molecule has 0 atom stereocenters. The van der Waals surface area contributed by atoms with E-state index in [0.717, 1.165) is 16.8 Å². The highest BCUT2D eigenvalue weighted by molar-refractivity contribution is 9.10. The highest BCUT2D eigenvalue weighted by Crippen LogP contribution is 2.32. The van der Waals surface area contributed by atoms with Gasteiger partial charge in [0.15, 0.2) is 0 Å². The minimum absolute atomic E-state index is 0.0142. The molecule has 2 aromatic carbocycles. The van der Waals surface area contributed by atoms with Crippen molar-refractivity contribution in [3.8, 4) is 5.75 Å². The number of benzene rings is 2. The second-order valence-corrected chi connectivity index (χ2v) is 5.68. The number of aromatic hydroxyl groups is 1. The van der Waals surface area contributed by atoms with Crippen LogP contribution in [0.5, 0.6) is 5.75 Å². The number of nitro benzene ring substituents is 1. The number of amides is 1. The molecule has 0 saturated carbocycles. The smallest absolute Gasteiger partial charge is 0.312 e. The molecule has 0 saturated heterocycles. The van der Waals surface area contributed by atoms with Crippen molar-refractivity contribution in [3.63, 3.8) is 0 Å². The van der Waals surface area contributed by atoms with Gasteiger partial charge in [-0.25, -0.2) is 5.43 Å². The van der Waals surface area contributed by atoms with Gasteiger partial charge in [-0.2, -0.15) is 5.10 Å². The summed E-state index contributed by atoms with van der Waals surface area (Å²) in [6.07, 6.45) is 1.07. The van der Waals surface area contributed by atoms with Gasteiger partial charge in [-0.1, -0.05) is 27.5 Å². The Labute approximate surface area is 143 Å². The average molecular weight is 399 g/mol. The highest BCUT2D eigenvalue weighted by atomic mass is 79.9. The number of hydrazone groups is 1. The van der Waals surface area contributed by atoms with Crippen LogP contribution in [0.3, 0.4) is 0 Å². The standard InChI is InChI=1S/C14H9BrClN3O4/c15-10-3-1-8(2-4-10)14(21)18-17-7-9-5-11(16)6-12(13(9)20)19(22)23/h1-7,20H,(H,18,21)/b17-7+. The fourth-order valence-corrected chi connectivity index (χ4v) is 2.15. The lowest BCUT2D eigenvalue weighted by atomic mass is 10.2. The van der Waals surface area contributed by atoms with Crippen molar-refractivity contribution in [2.45, 2.75) is 0 Å². The molecule has 23 heavy (non-hydrogen) atoms. The van der Waals surface area contributed by atoms with Crippen molar-refractivity contribution in [2.75, 3.05) is 0 Å². The van der Waals surface area contributed by atoms with Crippen LogP contribution in [0.15, 0.2) is 46.0 Å².